The first-order chi connectivity index (χ1) is 10.4. The lowest BCUT2D eigenvalue weighted by Gasteiger charge is -2.33. The number of nitrogens with one attached hydrogen (secondary N) is 1. The Morgan fingerprint density at radius 3 is 2.68 bits per heavy atom. The lowest BCUT2D eigenvalue weighted by atomic mass is 9.92. The molecule has 1 saturated heterocycles. The van der Waals surface area contributed by atoms with Crippen LogP contribution in [0.2, 0.25) is 0 Å². The van der Waals surface area contributed by atoms with E-state index >= 15 is 0 Å². The lowest BCUT2D eigenvalue weighted by Crippen LogP contribution is -2.36. The molecule has 1 fully saturated rings. The minimum atomic E-state index is -0.0358. The molecule has 0 unspecified atom stereocenters. The van der Waals surface area contributed by atoms with Crippen LogP contribution in [-0.4, -0.2) is 35.7 Å². The normalized spacial score (nSPS) is 16.6. The molecule has 1 aromatic rings. The van der Waals surface area contributed by atoms with E-state index in [1.165, 1.54) is 0 Å². The highest BCUT2D eigenvalue weighted by atomic mass is 16.3. The molecule has 5 nitrogen and oxygen atoms in total. The first-order valence-electron chi connectivity index (χ1n) is 8.00. The molecule has 0 radical (unpaired) electrons. The van der Waals surface area contributed by atoms with Gasteiger partial charge in [-0.15, -0.1) is 0 Å². The number of hydrogen-bond donors (Lipinski definition) is 2. The number of hydrogen-bond acceptors (Lipinski definition) is 4. The highest BCUT2D eigenvalue weighted by molar-refractivity contribution is 5.93. The van der Waals surface area contributed by atoms with Crippen LogP contribution in [0.25, 0.3) is 0 Å². The van der Waals surface area contributed by atoms with Crippen LogP contribution in [0.1, 0.15) is 40.0 Å². The second-order valence-electron chi connectivity index (χ2n) is 7.27. The van der Waals surface area contributed by atoms with Crippen molar-refractivity contribution < 1.29 is 9.90 Å². The first-order valence-corrected chi connectivity index (χ1v) is 8.00. The summed E-state index contributed by atoms with van der Waals surface area (Å²) in [6.07, 6.45) is 4.16. The summed E-state index contributed by atoms with van der Waals surface area (Å²) in [5.74, 6) is 1.24. The summed E-state index contributed by atoms with van der Waals surface area (Å²) < 4.78 is 0. The first kappa shape index (κ1) is 16.7. The largest absolute Gasteiger partial charge is 0.396 e. The van der Waals surface area contributed by atoms with Gasteiger partial charge in [-0.25, -0.2) is 4.98 Å². The molecule has 2 heterocycles. The summed E-state index contributed by atoms with van der Waals surface area (Å²) in [6.45, 7) is 8.14. The van der Waals surface area contributed by atoms with Crippen molar-refractivity contribution in [2.75, 3.05) is 29.9 Å². The van der Waals surface area contributed by atoms with Gasteiger partial charge in [0.25, 0.3) is 0 Å². The average Bonchev–Trinajstić information content (AvgIpc) is 2.46. The number of pyridine rings is 1. The summed E-state index contributed by atoms with van der Waals surface area (Å²) >= 11 is 0. The van der Waals surface area contributed by atoms with Crippen LogP contribution in [0, 0.1) is 11.3 Å². The molecule has 0 atom stereocenters. The summed E-state index contributed by atoms with van der Waals surface area (Å²) in [6, 6.07) is 3.75. The molecule has 1 aromatic heterocycles. The number of aliphatic hydroxyl groups excluding tert-OH is 1. The van der Waals surface area contributed by atoms with Crippen molar-refractivity contribution >= 4 is 17.4 Å². The molecule has 1 amide bonds. The quantitative estimate of drug-likeness (QED) is 0.897. The number of piperidine rings is 1. The molecular weight excluding hydrogens is 278 g/mol. The van der Waals surface area contributed by atoms with Gasteiger partial charge in [0.1, 0.15) is 0 Å². The minimum Gasteiger partial charge on any atom is -0.396 e. The van der Waals surface area contributed by atoms with Crippen molar-refractivity contribution in [3.05, 3.63) is 18.3 Å². The van der Waals surface area contributed by atoms with Gasteiger partial charge in [0.2, 0.25) is 5.91 Å². The summed E-state index contributed by atoms with van der Waals surface area (Å²) in [5, 5.41) is 12.2. The summed E-state index contributed by atoms with van der Waals surface area (Å²) in [7, 11) is 0. The Morgan fingerprint density at radius 2 is 2.09 bits per heavy atom. The molecule has 5 heteroatoms. The van der Waals surface area contributed by atoms with Gasteiger partial charge in [0.05, 0.1) is 5.69 Å². The van der Waals surface area contributed by atoms with Crippen molar-refractivity contribution in [3.8, 4) is 0 Å². The summed E-state index contributed by atoms with van der Waals surface area (Å²) in [5.41, 5.74) is 0.741. The van der Waals surface area contributed by atoms with Crippen LogP contribution in [0.4, 0.5) is 11.5 Å². The Kier molecular flexibility index (Phi) is 5.40. The van der Waals surface area contributed by atoms with E-state index in [-0.39, 0.29) is 17.9 Å². The number of carbonyl (C=O) groups is 1. The molecule has 0 spiro atoms. The minimum absolute atomic E-state index is 0.0204. The van der Waals surface area contributed by atoms with E-state index in [1.807, 2.05) is 12.1 Å². The van der Waals surface area contributed by atoms with E-state index in [9.17, 15) is 9.90 Å². The van der Waals surface area contributed by atoms with E-state index in [0.29, 0.717) is 12.3 Å². The smallest absolute Gasteiger partial charge is 0.224 e. The Hall–Kier alpha value is -1.62. The Morgan fingerprint density at radius 1 is 1.41 bits per heavy atom. The molecule has 0 aliphatic carbocycles. The maximum Gasteiger partial charge on any atom is 0.224 e. The predicted molar refractivity (Wildman–Crippen MR) is 89.0 cm³/mol. The van der Waals surface area contributed by atoms with Gasteiger partial charge in [0.15, 0.2) is 5.82 Å². The zero-order valence-electron chi connectivity index (χ0n) is 13.8. The molecule has 1 aliphatic heterocycles. The van der Waals surface area contributed by atoms with Crippen molar-refractivity contribution in [2.24, 2.45) is 11.3 Å². The van der Waals surface area contributed by atoms with E-state index < -0.39 is 0 Å². The van der Waals surface area contributed by atoms with E-state index in [1.54, 1.807) is 6.20 Å². The summed E-state index contributed by atoms with van der Waals surface area (Å²) in [4.78, 5) is 18.8. The van der Waals surface area contributed by atoms with Gasteiger partial charge >= 0.3 is 0 Å². The SMILES string of the molecule is CC(C)(C)CC(=O)Nc1cccnc1N1CCC(CO)CC1. The van der Waals surface area contributed by atoms with E-state index in [4.69, 9.17) is 0 Å². The van der Waals surface area contributed by atoms with Crippen LogP contribution in [0.15, 0.2) is 18.3 Å². The lowest BCUT2D eigenvalue weighted by molar-refractivity contribution is -0.117. The van der Waals surface area contributed by atoms with Gasteiger partial charge < -0.3 is 15.3 Å². The number of aliphatic hydroxyl groups is 1. The van der Waals surface area contributed by atoms with Crippen molar-refractivity contribution in [1.29, 1.82) is 0 Å². The van der Waals surface area contributed by atoms with Crippen LogP contribution in [-0.2, 0) is 4.79 Å². The van der Waals surface area contributed by atoms with Crippen molar-refractivity contribution in [1.82, 2.24) is 4.98 Å². The molecule has 1 aliphatic rings. The van der Waals surface area contributed by atoms with Gasteiger partial charge in [0, 0.05) is 32.3 Å². The number of anilines is 2. The van der Waals surface area contributed by atoms with Gasteiger partial charge in [-0.05, 0) is 36.3 Å². The van der Waals surface area contributed by atoms with Gasteiger partial charge in [-0.1, -0.05) is 20.8 Å². The highest BCUT2D eigenvalue weighted by Gasteiger charge is 2.22. The average molecular weight is 305 g/mol. The number of amides is 1. The Labute approximate surface area is 132 Å². The third kappa shape index (κ3) is 4.70. The number of nitrogens with zero attached hydrogens (tertiary/aromatic N) is 2. The van der Waals surface area contributed by atoms with E-state index in [2.05, 4.69) is 36.0 Å². The molecule has 22 heavy (non-hydrogen) atoms. The van der Waals surface area contributed by atoms with E-state index in [0.717, 1.165) is 37.4 Å². The third-order valence-corrected chi connectivity index (χ3v) is 3.92. The molecular formula is C17H27N3O2. The van der Waals surface area contributed by atoms with Crippen LogP contribution in [0.5, 0.6) is 0 Å². The second-order valence-corrected chi connectivity index (χ2v) is 7.27. The number of rotatable bonds is 4. The molecule has 0 bridgehead atoms. The molecule has 2 N–H and O–H groups in total. The maximum atomic E-state index is 12.2. The fourth-order valence-corrected chi connectivity index (χ4v) is 2.75. The molecule has 122 valence electrons. The Balaban J connectivity index is 2.06. The monoisotopic (exact) mass is 305 g/mol. The fraction of sp³-hybridized carbons (Fsp3) is 0.647. The van der Waals surface area contributed by atoms with Crippen molar-refractivity contribution in [2.45, 2.75) is 40.0 Å². The standard InChI is InChI=1S/C17H27N3O2/c1-17(2,3)11-15(22)19-14-5-4-8-18-16(14)20-9-6-13(12-21)7-10-20/h4-5,8,13,21H,6-7,9-12H2,1-3H3,(H,19,22). The van der Waals surface area contributed by atoms with Crippen LogP contribution >= 0.6 is 0 Å². The molecule has 0 saturated carbocycles. The van der Waals surface area contributed by atoms with Gasteiger partial charge in [-0.3, -0.25) is 4.79 Å². The third-order valence-electron chi connectivity index (χ3n) is 3.92. The zero-order chi connectivity index (χ0) is 16.2. The maximum absolute atomic E-state index is 12.2. The number of carbonyl (C=O) groups excluding carboxylic acids is 1. The van der Waals surface area contributed by atoms with Crippen molar-refractivity contribution in [3.63, 3.8) is 0 Å². The topological polar surface area (TPSA) is 65.5 Å². The van der Waals surface area contributed by atoms with Crippen LogP contribution < -0.4 is 10.2 Å². The second kappa shape index (κ2) is 7.09. The Bertz CT molecular complexity index is 503. The molecule has 0 aromatic carbocycles. The zero-order valence-corrected chi connectivity index (χ0v) is 13.8. The van der Waals surface area contributed by atoms with Crippen LogP contribution in [0.3, 0.4) is 0 Å². The highest BCUT2D eigenvalue weighted by Crippen LogP contribution is 2.28. The fourth-order valence-electron chi connectivity index (χ4n) is 2.75. The molecule has 2 rings (SSSR count). The number of aromatic nitrogens is 1. The van der Waals surface area contributed by atoms with Gasteiger partial charge in [-0.2, -0.15) is 0 Å². The predicted octanol–water partition coefficient (Wildman–Crippen LogP) is 2.67.